The lowest BCUT2D eigenvalue weighted by molar-refractivity contribution is 0.194. The molecule has 15 heavy (non-hydrogen) atoms. The zero-order valence-corrected chi connectivity index (χ0v) is 11.1. The van der Waals surface area contributed by atoms with Gasteiger partial charge >= 0.3 is 0 Å². The Labute approximate surface area is 95.2 Å². The molecular weight excluding hydrogens is 184 g/mol. The highest BCUT2D eigenvalue weighted by atomic mass is 16.5. The maximum atomic E-state index is 5.71. The van der Waals surface area contributed by atoms with Crippen LogP contribution < -0.4 is 0 Å². The molecule has 0 aromatic rings. The van der Waals surface area contributed by atoms with Crippen molar-refractivity contribution in [3.63, 3.8) is 0 Å². The normalized spacial score (nSPS) is 15.2. The van der Waals surface area contributed by atoms with E-state index >= 15 is 0 Å². The first-order valence-electron chi connectivity index (χ1n) is 5.82. The maximum absolute atomic E-state index is 5.71. The molecule has 0 aromatic carbocycles. The average molecular weight is 210 g/mol. The molecule has 0 radical (unpaired) electrons. The molecule has 0 saturated heterocycles. The number of hydrogen-bond acceptors (Lipinski definition) is 1. The SMILES string of the molecule is C=C(OC(=C)C(C)C(C)C)C(C)C(C)C. The van der Waals surface area contributed by atoms with Gasteiger partial charge in [-0.25, -0.2) is 0 Å². The van der Waals surface area contributed by atoms with E-state index in [1.165, 1.54) is 0 Å². The summed E-state index contributed by atoms with van der Waals surface area (Å²) in [6, 6.07) is 0. The van der Waals surface area contributed by atoms with Crippen molar-refractivity contribution >= 4 is 0 Å². The summed E-state index contributed by atoms with van der Waals surface area (Å²) >= 11 is 0. The van der Waals surface area contributed by atoms with Crippen molar-refractivity contribution in [1.29, 1.82) is 0 Å². The molecule has 88 valence electrons. The lowest BCUT2D eigenvalue weighted by atomic mass is 9.95. The second kappa shape index (κ2) is 5.99. The molecule has 0 rings (SSSR count). The molecule has 1 heteroatoms. The molecule has 0 bridgehead atoms. The van der Waals surface area contributed by atoms with Crippen LogP contribution in [0, 0.1) is 23.7 Å². The molecule has 0 aliphatic carbocycles. The minimum atomic E-state index is 0.376. The highest BCUT2D eigenvalue weighted by molar-refractivity contribution is 5.00. The highest BCUT2D eigenvalue weighted by Gasteiger charge is 2.17. The number of allylic oxidation sites excluding steroid dienone is 2. The molecule has 0 aromatic heterocycles. The fraction of sp³-hybridized carbons (Fsp3) is 0.714. The predicted octanol–water partition coefficient (Wildman–Crippen LogP) is 4.61. The third-order valence-electron chi connectivity index (χ3n) is 3.28. The van der Waals surface area contributed by atoms with Gasteiger partial charge in [0.05, 0.1) is 11.5 Å². The first kappa shape index (κ1) is 14.3. The van der Waals surface area contributed by atoms with Crippen molar-refractivity contribution in [2.75, 3.05) is 0 Å². The van der Waals surface area contributed by atoms with Crippen LogP contribution in [-0.2, 0) is 4.74 Å². The van der Waals surface area contributed by atoms with E-state index in [9.17, 15) is 0 Å². The summed E-state index contributed by atoms with van der Waals surface area (Å²) in [7, 11) is 0. The van der Waals surface area contributed by atoms with Gasteiger partial charge in [0.15, 0.2) is 0 Å². The molecule has 2 unspecified atom stereocenters. The van der Waals surface area contributed by atoms with Crippen LogP contribution in [0.1, 0.15) is 41.5 Å². The maximum Gasteiger partial charge on any atom is 0.0995 e. The monoisotopic (exact) mass is 210 g/mol. The van der Waals surface area contributed by atoms with Crippen LogP contribution in [0.4, 0.5) is 0 Å². The van der Waals surface area contributed by atoms with Crippen LogP contribution in [0.2, 0.25) is 0 Å². The standard InChI is InChI=1S/C14H26O/c1-9(2)11(5)13(7)15-14(8)12(6)10(3)4/h9-12H,7-8H2,1-6H3. The largest absolute Gasteiger partial charge is 0.467 e. The zero-order valence-electron chi connectivity index (χ0n) is 11.1. The number of hydrogen-bond donors (Lipinski definition) is 0. The van der Waals surface area contributed by atoms with E-state index in [2.05, 4.69) is 54.7 Å². The van der Waals surface area contributed by atoms with Crippen molar-refractivity contribution in [3.8, 4) is 0 Å². The summed E-state index contributed by atoms with van der Waals surface area (Å²) in [4.78, 5) is 0. The molecule has 0 fully saturated rings. The fourth-order valence-electron chi connectivity index (χ4n) is 1.10. The van der Waals surface area contributed by atoms with Gasteiger partial charge in [-0.15, -0.1) is 0 Å². The summed E-state index contributed by atoms with van der Waals surface area (Å²) in [5, 5.41) is 0. The Morgan fingerprint density at radius 1 is 0.733 bits per heavy atom. The third-order valence-corrected chi connectivity index (χ3v) is 3.28. The molecule has 0 saturated carbocycles. The lowest BCUT2D eigenvalue weighted by Gasteiger charge is -2.24. The van der Waals surface area contributed by atoms with Crippen molar-refractivity contribution < 1.29 is 4.74 Å². The molecule has 0 aliphatic heterocycles. The van der Waals surface area contributed by atoms with Crippen molar-refractivity contribution in [2.24, 2.45) is 23.7 Å². The van der Waals surface area contributed by atoms with Gasteiger partial charge in [0, 0.05) is 11.8 Å². The second-order valence-corrected chi connectivity index (χ2v) is 5.10. The van der Waals surface area contributed by atoms with Gasteiger partial charge < -0.3 is 4.74 Å². The Morgan fingerprint density at radius 2 is 1.00 bits per heavy atom. The molecular formula is C14H26O. The smallest absolute Gasteiger partial charge is 0.0995 e. The van der Waals surface area contributed by atoms with Crippen LogP contribution in [0.5, 0.6) is 0 Å². The zero-order chi connectivity index (χ0) is 12.2. The Kier molecular flexibility index (Phi) is 5.71. The molecule has 0 heterocycles. The van der Waals surface area contributed by atoms with E-state index in [0.29, 0.717) is 23.7 Å². The van der Waals surface area contributed by atoms with Gasteiger partial charge in [-0.2, -0.15) is 0 Å². The fourth-order valence-corrected chi connectivity index (χ4v) is 1.10. The van der Waals surface area contributed by atoms with E-state index in [0.717, 1.165) is 11.5 Å². The average Bonchev–Trinajstić information content (AvgIpc) is 2.14. The summed E-state index contributed by atoms with van der Waals surface area (Å²) in [5.74, 6) is 3.53. The highest BCUT2D eigenvalue weighted by Crippen LogP contribution is 2.26. The summed E-state index contributed by atoms with van der Waals surface area (Å²) in [6.07, 6.45) is 0. The van der Waals surface area contributed by atoms with Crippen molar-refractivity contribution in [3.05, 3.63) is 24.7 Å². The lowest BCUT2D eigenvalue weighted by Crippen LogP contribution is -2.14. The van der Waals surface area contributed by atoms with Crippen LogP contribution in [-0.4, -0.2) is 0 Å². The van der Waals surface area contributed by atoms with Gasteiger partial charge in [0.2, 0.25) is 0 Å². The van der Waals surface area contributed by atoms with E-state index in [-0.39, 0.29) is 0 Å². The van der Waals surface area contributed by atoms with Gasteiger partial charge in [0.25, 0.3) is 0 Å². The molecule has 1 nitrogen and oxygen atoms in total. The quantitative estimate of drug-likeness (QED) is 0.581. The van der Waals surface area contributed by atoms with Crippen LogP contribution in [0.3, 0.4) is 0 Å². The second-order valence-electron chi connectivity index (χ2n) is 5.10. The molecule has 0 N–H and O–H groups in total. The predicted molar refractivity (Wildman–Crippen MR) is 67.4 cm³/mol. The number of rotatable bonds is 6. The summed E-state index contributed by atoms with van der Waals surface area (Å²) < 4.78 is 5.71. The van der Waals surface area contributed by atoms with Crippen molar-refractivity contribution in [2.45, 2.75) is 41.5 Å². The minimum absolute atomic E-state index is 0.376. The van der Waals surface area contributed by atoms with Gasteiger partial charge in [-0.1, -0.05) is 54.7 Å². The van der Waals surface area contributed by atoms with Crippen LogP contribution in [0.15, 0.2) is 24.7 Å². The first-order chi connectivity index (χ1) is 6.77. The Bertz CT molecular complexity index is 201. The molecule has 0 aliphatic rings. The van der Waals surface area contributed by atoms with Gasteiger partial charge in [-0.05, 0) is 11.8 Å². The third kappa shape index (κ3) is 4.55. The van der Waals surface area contributed by atoms with Crippen LogP contribution >= 0.6 is 0 Å². The van der Waals surface area contributed by atoms with E-state index in [4.69, 9.17) is 4.74 Å². The Morgan fingerprint density at radius 3 is 1.20 bits per heavy atom. The summed E-state index contributed by atoms with van der Waals surface area (Å²) in [5.41, 5.74) is 0. The molecule has 0 spiro atoms. The molecule has 0 amide bonds. The number of ether oxygens (including phenoxy) is 1. The minimum Gasteiger partial charge on any atom is -0.467 e. The van der Waals surface area contributed by atoms with Crippen molar-refractivity contribution in [1.82, 2.24) is 0 Å². The first-order valence-corrected chi connectivity index (χ1v) is 5.82. The summed E-state index contributed by atoms with van der Waals surface area (Å²) in [6.45, 7) is 20.9. The topological polar surface area (TPSA) is 9.23 Å². The van der Waals surface area contributed by atoms with Gasteiger partial charge in [-0.3, -0.25) is 0 Å². The van der Waals surface area contributed by atoms with Crippen LogP contribution in [0.25, 0.3) is 0 Å². The van der Waals surface area contributed by atoms with E-state index < -0.39 is 0 Å². The van der Waals surface area contributed by atoms with E-state index in [1.54, 1.807) is 0 Å². The molecule has 2 atom stereocenters. The van der Waals surface area contributed by atoms with Gasteiger partial charge in [0.1, 0.15) is 0 Å². The Balaban J connectivity index is 4.25. The van der Waals surface area contributed by atoms with E-state index in [1.807, 2.05) is 0 Å². The Hall–Kier alpha value is -0.720.